The Kier molecular flexibility index (Phi) is 5.61. The minimum absolute atomic E-state index is 0.0158. The highest BCUT2D eigenvalue weighted by Crippen LogP contribution is 2.27. The van der Waals surface area contributed by atoms with Gasteiger partial charge < -0.3 is 5.32 Å². The van der Waals surface area contributed by atoms with Gasteiger partial charge >= 0.3 is 0 Å². The molecule has 0 unspecified atom stereocenters. The highest BCUT2D eigenvalue weighted by molar-refractivity contribution is 7.80. The van der Waals surface area contributed by atoms with E-state index in [0.717, 1.165) is 11.4 Å². The number of carbonyl (C=O) groups is 1. The second kappa shape index (κ2) is 7.97. The van der Waals surface area contributed by atoms with Crippen LogP contribution in [0.25, 0.3) is 6.08 Å². The number of ketones is 1. The third kappa shape index (κ3) is 4.75. The third-order valence-corrected chi connectivity index (χ3v) is 4.74. The Morgan fingerprint density at radius 3 is 2.62 bits per heavy atom. The van der Waals surface area contributed by atoms with Gasteiger partial charge in [-0.1, -0.05) is 30.3 Å². The van der Waals surface area contributed by atoms with E-state index in [1.54, 1.807) is 36.4 Å². The molecule has 1 aliphatic rings. The second-order valence-electron chi connectivity index (χ2n) is 7.37. The minimum Gasteiger partial charge on any atom is -0.354 e. The Labute approximate surface area is 174 Å². The van der Waals surface area contributed by atoms with Gasteiger partial charge in [0.2, 0.25) is 0 Å². The van der Waals surface area contributed by atoms with E-state index < -0.39 is 4.92 Å². The maximum atomic E-state index is 12.6. The number of carbonyl (C=O) groups excluding carboxylic acids is 1. The van der Waals surface area contributed by atoms with Crippen LogP contribution < -0.4 is 10.2 Å². The number of nitrogens with one attached hydrogen (secondary N) is 1. The van der Waals surface area contributed by atoms with Crippen LogP contribution in [-0.4, -0.2) is 21.4 Å². The molecule has 3 rings (SSSR count). The Balaban J connectivity index is 1.84. The van der Waals surface area contributed by atoms with Crippen molar-refractivity contribution in [2.75, 3.05) is 4.90 Å². The molecule has 0 aliphatic carbocycles. The molecule has 1 heterocycles. The molecule has 0 fully saturated rings. The molecule has 7 heteroatoms. The van der Waals surface area contributed by atoms with Gasteiger partial charge in [-0.15, -0.1) is 0 Å². The van der Waals surface area contributed by atoms with Crippen LogP contribution in [0.2, 0.25) is 0 Å². The van der Waals surface area contributed by atoms with E-state index in [9.17, 15) is 14.9 Å². The summed E-state index contributed by atoms with van der Waals surface area (Å²) in [5.74, 6) is -0.198. The minimum atomic E-state index is -0.463. The normalized spacial score (nSPS) is 15.8. The number of anilines is 1. The fourth-order valence-electron chi connectivity index (χ4n) is 3.24. The second-order valence-corrected chi connectivity index (χ2v) is 7.76. The summed E-state index contributed by atoms with van der Waals surface area (Å²) in [5.41, 5.74) is 2.62. The van der Waals surface area contributed by atoms with Crippen molar-refractivity contribution in [1.29, 1.82) is 0 Å². The average molecular weight is 407 g/mol. The molecule has 0 spiro atoms. The van der Waals surface area contributed by atoms with Crippen LogP contribution >= 0.6 is 12.2 Å². The summed E-state index contributed by atoms with van der Waals surface area (Å²) in [5, 5.41) is 14.7. The summed E-state index contributed by atoms with van der Waals surface area (Å²) < 4.78 is 0. The molecular weight excluding hydrogens is 386 g/mol. The van der Waals surface area contributed by atoms with Gasteiger partial charge in [0.25, 0.3) is 5.69 Å². The van der Waals surface area contributed by atoms with E-state index in [1.165, 1.54) is 18.2 Å². The lowest BCUT2D eigenvalue weighted by Crippen LogP contribution is -2.53. The lowest BCUT2D eigenvalue weighted by atomic mass is 10.0. The van der Waals surface area contributed by atoms with Gasteiger partial charge in [-0.05, 0) is 62.8 Å². The van der Waals surface area contributed by atoms with E-state index in [-0.39, 0.29) is 17.0 Å². The molecule has 6 nitrogen and oxygen atoms in total. The van der Waals surface area contributed by atoms with Crippen molar-refractivity contribution in [3.63, 3.8) is 0 Å². The van der Waals surface area contributed by atoms with Crippen molar-refractivity contribution >= 4 is 40.6 Å². The van der Waals surface area contributed by atoms with Crippen LogP contribution in [0.3, 0.4) is 0 Å². The smallest absolute Gasteiger partial charge is 0.270 e. The van der Waals surface area contributed by atoms with Crippen LogP contribution in [0.1, 0.15) is 36.7 Å². The fourth-order valence-corrected chi connectivity index (χ4v) is 3.76. The predicted molar refractivity (Wildman–Crippen MR) is 119 cm³/mol. The van der Waals surface area contributed by atoms with Gasteiger partial charge in [0, 0.05) is 29.1 Å². The molecule has 0 amide bonds. The van der Waals surface area contributed by atoms with Crippen molar-refractivity contribution in [2.45, 2.75) is 26.3 Å². The van der Waals surface area contributed by atoms with Crippen LogP contribution in [0.15, 0.2) is 66.4 Å². The molecule has 0 aromatic heterocycles. The highest BCUT2D eigenvalue weighted by Gasteiger charge is 2.27. The maximum Gasteiger partial charge on any atom is 0.270 e. The van der Waals surface area contributed by atoms with Gasteiger partial charge in [0.1, 0.15) is 0 Å². The van der Waals surface area contributed by atoms with E-state index >= 15 is 0 Å². The molecule has 0 atom stereocenters. The van der Waals surface area contributed by atoms with Crippen molar-refractivity contribution in [2.24, 2.45) is 0 Å². The number of nitro benzene ring substituents is 1. The summed E-state index contributed by atoms with van der Waals surface area (Å²) in [7, 11) is 0. The SMILES string of the molecule is CC1=CC(C)(C)NC(=S)N1c1cccc(C(=O)/C=C/c2cccc([N+](=O)[O-])c2)c1. The lowest BCUT2D eigenvalue weighted by molar-refractivity contribution is -0.384. The fraction of sp³-hybridized carbons (Fsp3) is 0.182. The van der Waals surface area contributed by atoms with Crippen molar-refractivity contribution in [3.05, 3.63) is 87.6 Å². The maximum absolute atomic E-state index is 12.6. The number of nitro groups is 1. The van der Waals surface area contributed by atoms with Gasteiger partial charge in [0.15, 0.2) is 10.9 Å². The molecule has 1 N–H and O–H groups in total. The van der Waals surface area contributed by atoms with Crippen molar-refractivity contribution < 1.29 is 9.72 Å². The summed E-state index contributed by atoms with van der Waals surface area (Å²) in [4.78, 5) is 24.9. The summed E-state index contributed by atoms with van der Waals surface area (Å²) >= 11 is 5.51. The number of thiocarbonyl (C=S) groups is 1. The van der Waals surface area contributed by atoms with Crippen LogP contribution in [0.4, 0.5) is 11.4 Å². The van der Waals surface area contributed by atoms with Gasteiger partial charge in [-0.25, -0.2) is 0 Å². The molecule has 0 bridgehead atoms. The molecular formula is C22H21N3O3S. The van der Waals surface area contributed by atoms with Crippen molar-refractivity contribution in [3.8, 4) is 0 Å². The monoisotopic (exact) mass is 407 g/mol. The molecule has 1 aliphatic heterocycles. The predicted octanol–water partition coefficient (Wildman–Crippen LogP) is 4.87. The van der Waals surface area contributed by atoms with Gasteiger partial charge in [-0.2, -0.15) is 0 Å². The molecule has 0 saturated carbocycles. The molecule has 148 valence electrons. The first-order valence-electron chi connectivity index (χ1n) is 9.05. The number of hydrogen-bond donors (Lipinski definition) is 1. The molecule has 2 aromatic rings. The number of allylic oxidation sites excluding steroid dienone is 2. The first kappa shape index (κ1) is 20.4. The zero-order chi connectivity index (χ0) is 21.2. The van der Waals surface area contributed by atoms with E-state index in [0.29, 0.717) is 16.2 Å². The lowest BCUT2D eigenvalue weighted by Gasteiger charge is -2.38. The Morgan fingerprint density at radius 1 is 1.21 bits per heavy atom. The van der Waals surface area contributed by atoms with E-state index in [2.05, 4.69) is 11.4 Å². The van der Waals surface area contributed by atoms with Crippen molar-refractivity contribution in [1.82, 2.24) is 5.32 Å². The quantitative estimate of drug-likeness (QED) is 0.251. The van der Waals surface area contributed by atoms with Crippen LogP contribution in [-0.2, 0) is 0 Å². The number of hydrogen-bond acceptors (Lipinski definition) is 4. The molecule has 0 radical (unpaired) electrons. The summed E-state index contributed by atoms with van der Waals surface area (Å²) in [6.07, 6.45) is 5.07. The largest absolute Gasteiger partial charge is 0.354 e. The van der Waals surface area contributed by atoms with Crippen LogP contribution in [0, 0.1) is 10.1 Å². The highest BCUT2D eigenvalue weighted by atomic mass is 32.1. The number of non-ortho nitro benzene ring substituents is 1. The molecule has 0 saturated heterocycles. The zero-order valence-corrected chi connectivity index (χ0v) is 17.2. The Bertz CT molecular complexity index is 1060. The van der Waals surface area contributed by atoms with Gasteiger partial charge in [0.05, 0.1) is 10.5 Å². The van der Waals surface area contributed by atoms with Crippen LogP contribution in [0.5, 0.6) is 0 Å². The average Bonchev–Trinajstić information content (AvgIpc) is 2.65. The Morgan fingerprint density at radius 2 is 1.93 bits per heavy atom. The molecule has 29 heavy (non-hydrogen) atoms. The molecule has 2 aromatic carbocycles. The van der Waals surface area contributed by atoms with E-state index in [4.69, 9.17) is 12.2 Å². The first-order valence-corrected chi connectivity index (χ1v) is 9.46. The van der Waals surface area contributed by atoms with Gasteiger partial charge in [-0.3, -0.25) is 19.8 Å². The summed E-state index contributed by atoms with van der Waals surface area (Å²) in [6, 6.07) is 13.3. The number of rotatable bonds is 5. The number of benzene rings is 2. The third-order valence-electron chi connectivity index (χ3n) is 4.45. The Hall–Kier alpha value is -3.32. The first-order chi connectivity index (χ1) is 13.7. The number of nitrogens with zero attached hydrogens (tertiary/aromatic N) is 2. The topological polar surface area (TPSA) is 75.5 Å². The van der Waals surface area contributed by atoms with E-state index in [1.807, 2.05) is 31.7 Å². The standard InChI is InChI=1S/C22H21N3O3S/c1-15-14-22(2,3)23-21(29)24(15)18-8-5-7-17(13-18)20(26)11-10-16-6-4-9-19(12-16)25(27)28/h4-14H,1-3H3,(H,23,29)/b11-10+. The summed E-state index contributed by atoms with van der Waals surface area (Å²) in [6.45, 7) is 6.06. The zero-order valence-electron chi connectivity index (χ0n) is 16.4.